The molecule has 0 saturated carbocycles. The van der Waals surface area contributed by atoms with Crippen molar-refractivity contribution in [3.8, 4) is 0 Å². The predicted molar refractivity (Wildman–Crippen MR) is 110 cm³/mol. The van der Waals surface area contributed by atoms with Crippen LogP contribution >= 0.6 is 0 Å². The van der Waals surface area contributed by atoms with Gasteiger partial charge in [-0.1, -0.05) is 12.1 Å². The van der Waals surface area contributed by atoms with Crippen LogP contribution < -0.4 is 11.1 Å². The van der Waals surface area contributed by atoms with E-state index < -0.39 is 67.0 Å². The van der Waals surface area contributed by atoms with E-state index in [1.165, 1.54) is 19.1 Å². The SMILES string of the molecule is CC(=O)N[C@@H]1[C@H](OC(=O)c2ccccc2N)O[C@H](COC(C)=O)[C@@H](OC(C)=O)[C@H]1OC(C)=O. The van der Waals surface area contributed by atoms with Crippen molar-refractivity contribution >= 4 is 35.5 Å². The Balaban J connectivity index is 2.45. The standard InChI is InChI=1S/C21H26N2O10/c1-10(24)23-17-19(31-13(4)27)18(30-12(3)26)16(9-29-11(2)25)32-21(17)33-20(28)14-7-5-6-8-15(14)22/h5-8,16-19,21H,9,22H2,1-4H3,(H,23,24)/t16-,17+,18-,19+,21+/m1/s1. The fourth-order valence-electron chi connectivity index (χ4n) is 3.24. The largest absolute Gasteiger partial charge is 0.463 e. The zero-order chi connectivity index (χ0) is 24.7. The van der Waals surface area contributed by atoms with E-state index in [9.17, 15) is 24.0 Å². The van der Waals surface area contributed by atoms with E-state index >= 15 is 0 Å². The van der Waals surface area contributed by atoms with Crippen LogP contribution in [0.2, 0.25) is 0 Å². The van der Waals surface area contributed by atoms with Gasteiger partial charge in [0.1, 0.15) is 18.8 Å². The third-order valence-electron chi connectivity index (χ3n) is 4.48. The summed E-state index contributed by atoms with van der Waals surface area (Å²) in [5.74, 6) is -3.62. The molecule has 1 aliphatic heterocycles. The van der Waals surface area contributed by atoms with Crippen LogP contribution in [0, 0.1) is 0 Å². The Morgan fingerprint density at radius 3 is 2.06 bits per heavy atom. The van der Waals surface area contributed by atoms with Gasteiger partial charge in [0.05, 0.1) is 5.56 Å². The van der Waals surface area contributed by atoms with Crippen molar-refractivity contribution < 1.29 is 47.7 Å². The van der Waals surface area contributed by atoms with E-state index in [0.29, 0.717) is 0 Å². The molecule has 0 aliphatic carbocycles. The van der Waals surface area contributed by atoms with Gasteiger partial charge < -0.3 is 34.7 Å². The van der Waals surface area contributed by atoms with Crippen molar-refractivity contribution in [1.82, 2.24) is 5.32 Å². The van der Waals surface area contributed by atoms with Crippen LogP contribution in [0.15, 0.2) is 24.3 Å². The lowest BCUT2D eigenvalue weighted by Gasteiger charge is -2.44. The van der Waals surface area contributed by atoms with Crippen molar-refractivity contribution in [1.29, 1.82) is 0 Å². The topological polar surface area (TPSA) is 170 Å². The molecule has 1 fully saturated rings. The smallest absolute Gasteiger partial charge is 0.342 e. The molecule has 0 spiro atoms. The number of nitrogens with two attached hydrogens (primary N) is 1. The number of carbonyl (C=O) groups excluding carboxylic acids is 5. The zero-order valence-corrected chi connectivity index (χ0v) is 18.6. The van der Waals surface area contributed by atoms with Gasteiger partial charge in [-0.15, -0.1) is 0 Å². The fraction of sp³-hybridized carbons (Fsp3) is 0.476. The molecule has 0 unspecified atom stereocenters. The molecule has 1 amide bonds. The summed E-state index contributed by atoms with van der Waals surface area (Å²) in [7, 11) is 0. The second kappa shape index (κ2) is 11.3. The number of hydrogen-bond donors (Lipinski definition) is 2. The molecule has 180 valence electrons. The highest BCUT2D eigenvalue weighted by Gasteiger charge is 2.52. The first-order chi connectivity index (χ1) is 15.5. The second-order valence-electron chi connectivity index (χ2n) is 7.21. The van der Waals surface area contributed by atoms with Crippen molar-refractivity contribution in [3.63, 3.8) is 0 Å². The highest BCUT2D eigenvalue weighted by Crippen LogP contribution is 2.29. The molecule has 1 heterocycles. The minimum atomic E-state index is -1.52. The molecule has 1 aliphatic rings. The number of nitrogens with one attached hydrogen (secondary N) is 1. The van der Waals surface area contributed by atoms with Gasteiger partial charge in [-0.05, 0) is 12.1 Å². The molecule has 2 rings (SSSR count). The van der Waals surface area contributed by atoms with Gasteiger partial charge in [0, 0.05) is 33.4 Å². The van der Waals surface area contributed by atoms with Gasteiger partial charge in [-0.25, -0.2) is 4.79 Å². The molecule has 1 saturated heterocycles. The molecule has 3 N–H and O–H groups in total. The average molecular weight is 466 g/mol. The van der Waals surface area contributed by atoms with Crippen LogP contribution in [0.3, 0.4) is 0 Å². The van der Waals surface area contributed by atoms with Gasteiger partial charge in [0.25, 0.3) is 0 Å². The molecule has 1 aromatic rings. The Morgan fingerprint density at radius 2 is 1.52 bits per heavy atom. The van der Waals surface area contributed by atoms with Crippen molar-refractivity contribution in [2.75, 3.05) is 12.3 Å². The highest BCUT2D eigenvalue weighted by atomic mass is 16.7. The van der Waals surface area contributed by atoms with Gasteiger partial charge in [0.2, 0.25) is 12.2 Å². The Kier molecular flexibility index (Phi) is 8.74. The van der Waals surface area contributed by atoms with E-state index in [0.717, 1.165) is 20.8 Å². The first-order valence-electron chi connectivity index (χ1n) is 9.95. The first-order valence-corrected chi connectivity index (χ1v) is 9.95. The summed E-state index contributed by atoms with van der Waals surface area (Å²) in [5, 5.41) is 2.50. The molecular formula is C21H26N2O10. The molecule has 0 bridgehead atoms. The number of amides is 1. The maximum absolute atomic E-state index is 12.8. The highest BCUT2D eigenvalue weighted by molar-refractivity contribution is 5.95. The summed E-state index contributed by atoms with van der Waals surface area (Å²) in [6, 6.07) is 4.85. The number of para-hydroxylation sites is 1. The summed E-state index contributed by atoms with van der Waals surface area (Å²) >= 11 is 0. The van der Waals surface area contributed by atoms with Crippen molar-refractivity contribution in [3.05, 3.63) is 29.8 Å². The van der Waals surface area contributed by atoms with Crippen LogP contribution in [-0.2, 0) is 42.9 Å². The lowest BCUT2D eigenvalue weighted by molar-refractivity contribution is -0.263. The Hall–Kier alpha value is -3.67. The molecule has 5 atom stereocenters. The number of nitrogen functional groups attached to an aromatic ring is 1. The summed E-state index contributed by atoms with van der Waals surface area (Å²) < 4.78 is 26.8. The number of carbonyl (C=O) groups is 5. The summed E-state index contributed by atoms with van der Waals surface area (Å²) in [5.41, 5.74) is 6.00. The van der Waals surface area contributed by atoms with E-state index in [1.54, 1.807) is 12.1 Å². The van der Waals surface area contributed by atoms with Crippen LogP contribution in [0.25, 0.3) is 0 Å². The van der Waals surface area contributed by atoms with Gasteiger partial charge in [0.15, 0.2) is 12.2 Å². The quantitative estimate of drug-likeness (QED) is 0.317. The molecule has 0 aromatic heterocycles. The molecule has 0 radical (unpaired) electrons. The van der Waals surface area contributed by atoms with Crippen LogP contribution in [-0.4, -0.2) is 67.0 Å². The molecule has 12 heteroatoms. The lowest BCUT2D eigenvalue weighted by atomic mass is 9.96. The van der Waals surface area contributed by atoms with E-state index in [4.69, 9.17) is 29.4 Å². The molecule has 1 aromatic carbocycles. The minimum absolute atomic E-state index is 0.0327. The van der Waals surface area contributed by atoms with Crippen LogP contribution in [0.4, 0.5) is 5.69 Å². The number of benzene rings is 1. The van der Waals surface area contributed by atoms with E-state index in [-0.39, 0.29) is 11.3 Å². The number of hydrogen-bond acceptors (Lipinski definition) is 11. The average Bonchev–Trinajstić information content (AvgIpc) is 2.70. The van der Waals surface area contributed by atoms with E-state index in [1.807, 2.05) is 0 Å². The Bertz CT molecular complexity index is 918. The summed E-state index contributed by atoms with van der Waals surface area (Å²) in [6.45, 7) is 4.15. The van der Waals surface area contributed by atoms with Gasteiger partial charge in [-0.3, -0.25) is 19.2 Å². The van der Waals surface area contributed by atoms with Crippen LogP contribution in [0.5, 0.6) is 0 Å². The Morgan fingerprint density at radius 1 is 0.909 bits per heavy atom. The summed E-state index contributed by atoms with van der Waals surface area (Å²) in [4.78, 5) is 59.5. The first kappa shape index (κ1) is 25.6. The van der Waals surface area contributed by atoms with Crippen LogP contribution in [0.1, 0.15) is 38.1 Å². The van der Waals surface area contributed by atoms with Gasteiger partial charge >= 0.3 is 23.9 Å². The van der Waals surface area contributed by atoms with Gasteiger partial charge in [-0.2, -0.15) is 0 Å². The zero-order valence-electron chi connectivity index (χ0n) is 18.6. The molecular weight excluding hydrogens is 440 g/mol. The monoisotopic (exact) mass is 466 g/mol. The normalized spacial score (nSPS) is 24.2. The maximum Gasteiger partial charge on any atom is 0.342 e. The number of esters is 4. The third-order valence-corrected chi connectivity index (χ3v) is 4.48. The van der Waals surface area contributed by atoms with Crippen molar-refractivity contribution in [2.24, 2.45) is 0 Å². The fourth-order valence-corrected chi connectivity index (χ4v) is 3.24. The van der Waals surface area contributed by atoms with Crippen molar-refractivity contribution in [2.45, 2.75) is 58.3 Å². The minimum Gasteiger partial charge on any atom is -0.463 e. The maximum atomic E-state index is 12.8. The Labute approximate surface area is 189 Å². The number of anilines is 1. The third kappa shape index (κ3) is 7.17. The second-order valence-corrected chi connectivity index (χ2v) is 7.21. The number of rotatable bonds is 7. The van der Waals surface area contributed by atoms with E-state index in [2.05, 4.69) is 5.32 Å². The molecule has 12 nitrogen and oxygen atoms in total. The lowest BCUT2D eigenvalue weighted by Crippen LogP contribution is -2.66. The predicted octanol–water partition coefficient (Wildman–Crippen LogP) is 0.0817. The number of ether oxygens (including phenoxy) is 5. The summed E-state index contributed by atoms with van der Waals surface area (Å²) in [6.07, 6.45) is -5.34. The molecule has 33 heavy (non-hydrogen) atoms.